The zero-order valence-corrected chi connectivity index (χ0v) is 13.8. The third-order valence-corrected chi connectivity index (χ3v) is 4.84. The molecule has 2 aliphatic heterocycles. The Morgan fingerprint density at radius 1 is 1.23 bits per heavy atom. The third-order valence-electron chi connectivity index (χ3n) is 3.58. The van der Waals surface area contributed by atoms with Crippen molar-refractivity contribution < 1.29 is 14.3 Å². The molecule has 0 bridgehead atoms. The summed E-state index contributed by atoms with van der Waals surface area (Å²) in [5, 5.41) is 3.34. The molecule has 3 rings (SSSR count). The Morgan fingerprint density at radius 2 is 1.91 bits per heavy atom. The van der Waals surface area contributed by atoms with Gasteiger partial charge in [-0.3, -0.25) is 9.69 Å². The van der Waals surface area contributed by atoms with Gasteiger partial charge in [-0.15, -0.1) is 0 Å². The van der Waals surface area contributed by atoms with Gasteiger partial charge in [0.15, 0.2) is 11.5 Å². The highest BCUT2D eigenvalue weighted by Crippen LogP contribution is 2.37. The van der Waals surface area contributed by atoms with Gasteiger partial charge in [0.1, 0.15) is 0 Å². The third kappa shape index (κ3) is 4.00. The average molecular weight is 343 g/mol. The van der Waals surface area contributed by atoms with Crippen molar-refractivity contribution in [3.63, 3.8) is 0 Å². The van der Waals surface area contributed by atoms with Gasteiger partial charge in [0, 0.05) is 43.1 Å². The van der Waals surface area contributed by atoms with Gasteiger partial charge in [0.2, 0.25) is 5.91 Å². The van der Waals surface area contributed by atoms with E-state index in [0.717, 1.165) is 31.0 Å². The van der Waals surface area contributed by atoms with E-state index in [1.807, 2.05) is 11.8 Å². The Kier molecular flexibility index (Phi) is 5.33. The Bertz CT molecular complexity index is 550. The first-order chi connectivity index (χ1) is 10.7. The van der Waals surface area contributed by atoms with E-state index in [1.165, 1.54) is 0 Å². The minimum atomic E-state index is -0.0525. The molecule has 7 heteroatoms. The molecule has 1 fully saturated rings. The number of hydrogen-bond donors (Lipinski definition) is 1. The van der Waals surface area contributed by atoms with Crippen LogP contribution in [0.5, 0.6) is 11.5 Å². The molecule has 5 nitrogen and oxygen atoms in total. The summed E-state index contributed by atoms with van der Waals surface area (Å²) in [7, 11) is 0. The summed E-state index contributed by atoms with van der Waals surface area (Å²) in [4.78, 5) is 14.3. The SMILES string of the molecule is O=C(CN1CCSCC1)Nc1cc2c(cc1Cl)OCCCO2. The Labute approximate surface area is 139 Å². The smallest absolute Gasteiger partial charge is 0.238 e. The van der Waals surface area contributed by atoms with Crippen LogP contribution in [0, 0.1) is 0 Å². The van der Waals surface area contributed by atoms with Gasteiger partial charge >= 0.3 is 0 Å². The van der Waals surface area contributed by atoms with Crippen LogP contribution in [-0.2, 0) is 4.79 Å². The maximum atomic E-state index is 12.2. The molecule has 1 amide bonds. The number of rotatable bonds is 3. The number of benzene rings is 1. The summed E-state index contributed by atoms with van der Waals surface area (Å²) in [5.41, 5.74) is 0.572. The summed E-state index contributed by atoms with van der Waals surface area (Å²) in [6.07, 6.45) is 0.834. The first-order valence-electron chi connectivity index (χ1n) is 7.41. The first kappa shape index (κ1) is 15.8. The van der Waals surface area contributed by atoms with Crippen LogP contribution in [-0.4, -0.2) is 55.2 Å². The van der Waals surface area contributed by atoms with Gasteiger partial charge in [0.25, 0.3) is 0 Å². The highest BCUT2D eigenvalue weighted by Gasteiger charge is 2.18. The fourth-order valence-corrected chi connectivity index (χ4v) is 3.61. The number of halogens is 1. The quantitative estimate of drug-likeness (QED) is 0.914. The second kappa shape index (κ2) is 7.44. The molecule has 1 N–H and O–H groups in total. The molecular weight excluding hydrogens is 324 g/mol. The van der Waals surface area contributed by atoms with Crippen LogP contribution >= 0.6 is 23.4 Å². The topological polar surface area (TPSA) is 50.8 Å². The van der Waals surface area contributed by atoms with E-state index in [0.29, 0.717) is 42.0 Å². The lowest BCUT2D eigenvalue weighted by Gasteiger charge is -2.25. The number of nitrogens with one attached hydrogen (secondary N) is 1. The molecule has 1 saturated heterocycles. The molecule has 2 heterocycles. The predicted octanol–water partition coefficient (Wildman–Crippen LogP) is 2.49. The van der Waals surface area contributed by atoms with Crippen molar-refractivity contribution in [3.05, 3.63) is 17.2 Å². The largest absolute Gasteiger partial charge is 0.490 e. The van der Waals surface area contributed by atoms with Gasteiger partial charge in [0.05, 0.1) is 30.5 Å². The molecule has 120 valence electrons. The molecule has 2 aliphatic rings. The molecule has 0 spiro atoms. The zero-order valence-electron chi connectivity index (χ0n) is 12.3. The Hall–Kier alpha value is -1.11. The van der Waals surface area contributed by atoms with Crippen molar-refractivity contribution in [2.45, 2.75) is 6.42 Å². The van der Waals surface area contributed by atoms with E-state index < -0.39 is 0 Å². The number of carbonyl (C=O) groups excluding carboxylic acids is 1. The van der Waals surface area contributed by atoms with Crippen molar-refractivity contribution in [1.29, 1.82) is 0 Å². The number of hydrogen-bond acceptors (Lipinski definition) is 5. The molecule has 0 aliphatic carbocycles. The van der Waals surface area contributed by atoms with E-state index in [2.05, 4.69) is 10.2 Å². The van der Waals surface area contributed by atoms with Gasteiger partial charge in [-0.05, 0) is 0 Å². The highest BCUT2D eigenvalue weighted by atomic mass is 35.5. The number of ether oxygens (including phenoxy) is 2. The number of carbonyl (C=O) groups is 1. The van der Waals surface area contributed by atoms with E-state index in [1.54, 1.807) is 12.1 Å². The van der Waals surface area contributed by atoms with Crippen LogP contribution in [0.25, 0.3) is 0 Å². The number of nitrogens with zero attached hydrogens (tertiary/aromatic N) is 1. The number of thioether (sulfide) groups is 1. The summed E-state index contributed by atoms with van der Waals surface area (Å²) < 4.78 is 11.2. The van der Waals surface area contributed by atoms with Crippen molar-refractivity contribution in [2.75, 3.05) is 49.7 Å². The molecule has 0 atom stereocenters. The maximum Gasteiger partial charge on any atom is 0.238 e. The predicted molar refractivity (Wildman–Crippen MR) is 89.5 cm³/mol. The van der Waals surface area contributed by atoms with E-state index in [9.17, 15) is 4.79 Å². The molecule has 0 radical (unpaired) electrons. The van der Waals surface area contributed by atoms with Gasteiger partial charge in [-0.25, -0.2) is 0 Å². The molecule has 22 heavy (non-hydrogen) atoms. The van der Waals surface area contributed by atoms with Crippen LogP contribution in [0.4, 0.5) is 5.69 Å². The normalized spacial score (nSPS) is 18.6. The second-order valence-corrected chi connectivity index (χ2v) is 6.90. The number of fused-ring (bicyclic) bond motifs is 1. The van der Waals surface area contributed by atoms with Gasteiger partial charge < -0.3 is 14.8 Å². The fraction of sp³-hybridized carbons (Fsp3) is 0.533. The second-order valence-electron chi connectivity index (χ2n) is 5.27. The van der Waals surface area contributed by atoms with Gasteiger partial charge in [-0.1, -0.05) is 11.6 Å². The summed E-state index contributed by atoms with van der Waals surface area (Å²) in [6, 6.07) is 3.45. The van der Waals surface area contributed by atoms with Crippen LogP contribution in [0.1, 0.15) is 6.42 Å². The standard InChI is InChI=1S/C15H19ClN2O3S/c16-11-8-13-14(21-5-1-4-20-13)9-12(11)17-15(19)10-18-2-6-22-7-3-18/h8-9H,1-7,10H2,(H,17,19). The maximum absolute atomic E-state index is 12.2. The molecule has 0 aromatic heterocycles. The van der Waals surface area contributed by atoms with E-state index >= 15 is 0 Å². The monoisotopic (exact) mass is 342 g/mol. The lowest BCUT2D eigenvalue weighted by atomic mass is 10.2. The van der Waals surface area contributed by atoms with Crippen molar-refractivity contribution >= 4 is 35.0 Å². The lowest BCUT2D eigenvalue weighted by Crippen LogP contribution is -2.38. The molecule has 0 unspecified atom stereocenters. The van der Waals surface area contributed by atoms with Crippen molar-refractivity contribution in [3.8, 4) is 11.5 Å². The number of amides is 1. The van der Waals surface area contributed by atoms with E-state index in [-0.39, 0.29) is 5.91 Å². The zero-order chi connectivity index (χ0) is 15.4. The minimum absolute atomic E-state index is 0.0525. The van der Waals surface area contributed by atoms with Crippen LogP contribution < -0.4 is 14.8 Å². The van der Waals surface area contributed by atoms with Gasteiger partial charge in [-0.2, -0.15) is 11.8 Å². The fourth-order valence-electron chi connectivity index (χ4n) is 2.43. The first-order valence-corrected chi connectivity index (χ1v) is 8.95. The van der Waals surface area contributed by atoms with Crippen LogP contribution in [0.3, 0.4) is 0 Å². The lowest BCUT2D eigenvalue weighted by molar-refractivity contribution is -0.117. The highest BCUT2D eigenvalue weighted by molar-refractivity contribution is 7.99. The van der Waals surface area contributed by atoms with Crippen LogP contribution in [0.2, 0.25) is 5.02 Å². The molecule has 1 aromatic rings. The summed E-state index contributed by atoms with van der Waals surface area (Å²) in [6.45, 7) is 3.51. The van der Waals surface area contributed by atoms with Crippen LogP contribution in [0.15, 0.2) is 12.1 Å². The average Bonchev–Trinajstić information content (AvgIpc) is 2.73. The minimum Gasteiger partial charge on any atom is -0.490 e. The van der Waals surface area contributed by atoms with Crippen molar-refractivity contribution in [2.24, 2.45) is 0 Å². The summed E-state index contributed by atoms with van der Waals surface area (Å²) >= 11 is 8.16. The molecular formula is C15H19ClN2O3S. The Morgan fingerprint density at radius 3 is 2.64 bits per heavy atom. The van der Waals surface area contributed by atoms with E-state index in [4.69, 9.17) is 21.1 Å². The molecule has 0 saturated carbocycles. The summed E-state index contributed by atoms with van der Waals surface area (Å²) in [5.74, 6) is 3.37. The van der Waals surface area contributed by atoms with Crippen molar-refractivity contribution in [1.82, 2.24) is 4.90 Å². The number of anilines is 1. The molecule has 1 aromatic carbocycles. The Balaban J connectivity index is 1.66.